The van der Waals surface area contributed by atoms with E-state index in [1.54, 1.807) is 0 Å². The molecule has 0 aromatic carbocycles. The van der Waals surface area contributed by atoms with Crippen molar-refractivity contribution in [1.82, 2.24) is 10.6 Å². The molecular weight excluding hydrogens is 224 g/mol. The summed E-state index contributed by atoms with van der Waals surface area (Å²) in [6, 6.07) is 0.653. The minimum atomic E-state index is 0.201. The SMILES string of the molecule is CCCCCNC(=O)CCNC1CCCCCC1. The van der Waals surface area contributed by atoms with E-state index in [9.17, 15) is 4.79 Å². The molecule has 1 amide bonds. The van der Waals surface area contributed by atoms with E-state index in [4.69, 9.17) is 0 Å². The van der Waals surface area contributed by atoms with Crippen LogP contribution in [0.3, 0.4) is 0 Å². The van der Waals surface area contributed by atoms with Crippen LogP contribution in [0.15, 0.2) is 0 Å². The third kappa shape index (κ3) is 7.70. The smallest absolute Gasteiger partial charge is 0.221 e. The highest BCUT2D eigenvalue weighted by atomic mass is 16.1. The number of hydrogen-bond donors (Lipinski definition) is 2. The van der Waals surface area contributed by atoms with Gasteiger partial charge >= 0.3 is 0 Å². The van der Waals surface area contributed by atoms with Crippen molar-refractivity contribution in [1.29, 1.82) is 0 Å². The molecule has 0 radical (unpaired) electrons. The summed E-state index contributed by atoms with van der Waals surface area (Å²) in [5, 5.41) is 6.52. The number of unbranched alkanes of at least 4 members (excludes halogenated alkanes) is 2. The van der Waals surface area contributed by atoms with Gasteiger partial charge in [0.15, 0.2) is 0 Å². The molecule has 0 aliphatic heterocycles. The third-order valence-electron chi connectivity index (χ3n) is 3.74. The molecule has 1 aliphatic rings. The lowest BCUT2D eigenvalue weighted by Crippen LogP contribution is -2.33. The van der Waals surface area contributed by atoms with Crippen LogP contribution in [0.5, 0.6) is 0 Å². The summed E-state index contributed by atoms with van der Waals surface area (Å²) in [5.74, 6) is 0.201. The van der Waals surface area contributed by atoms with Crippen LogP contribution < -0.4 is 10.6 Å². The van der Waals surface area contributed by atoms with E-state index in [-0.39, 0.29) is 5.91 Å². The van der Waals surface area contributed by atoms with Crippen molar-refractivity contribution >= 4 is 5.91 Å². The van der Waals surface area contributed by atoms with Crippen LogP contribution in [0, 0.1) is 0 Å². The Morgan fingerprint density at radius 2 is 1.78 bits per heavy atom. The molecule has 0 saturated heterocycles. The van der Waals surface area contributed by atoms with Crippen molar-refractivity contribution in [2.24, 2.45) is 0 Å². The Hall–Kier alpha value is -0.570. The van der Waals surface area contributed by atoms with Crippen LogP contribution in [-0.2, 0) is 4.79 Å². The Bertz CT molecular complexity index is 211. The minimum absolute atomic E-state index is 0.201. The number of hydrogen-bond acceptors (Lipinski definition) is 2. The van der Waals surface area contributed by atoms with Gasteiger partial charge in [-0.3, -0.25) is 4.79 Å². The van der Waals surface area contributed by atoms with Gasteiger partial charge in [0.2, 0.25) is 5.91 Å². The summed E-state index contributed by atoms with van der Waals surface area (Å²) in [7, 11) is 0. The zero-order chi connectivity index (χ0) is 13.1. The monoisotopic (exact) mass is 254 g/mol. The van der Waals surface area contributed by atoms with E-state index in [1.807, 2.05) is 0 Å². The Morgan fingerprint density at radius 3 is 2.44 bits per heavy atom. The lowest BCUT2D eigenvalue weighted by molar-refractivity contribution is -0.121. The zero-order valence-corrected chi connectivity index (χ0v) is 12.0. The molecule has 106 valence electrons. The molecule has 1 aliphatic carbocycles. The van der Waals surface area contributed by atoms with E-state index >= 15 is 0 Å². The standard InChI is InChI=1S/C15H30N2O/c1-2-3-8-12-17-15(18)11-13-16-14-9-6-4-5-7-10-14/h14,16H,2-13H2,1H3,(H,17,18). The molecule has 0 heterocycles. The average molecular weight is 254 g/mol. The van der Waals surface area contributed by atoms with E-state index in [1.165, 1.54) is 51.4 Å². The zero-order valence-electron chi connectivity index (χ0n) is 12.0. The minimum Gasteiger partial charge on any atom is -0.356 e. The lowest BCUT2D eigenvalue weighted by atomic mass is 10.1. The highest BCUT2D eigenvalue weighted by molar-refractivity contribution is 5.75. The van der Waals surface area contributed by atoms with Crippen LogP contribution in [0.1, 0.15) is 71.1 Å². The molecule has 18 heavy (non-hydrogen) atoms. The fourth-order valence-corrected chi connectivity index (χ4v) is 2.56. The van der Waals surface area contributed by atoms with Gasteiger partial charge in [-0.05, 0) is 19.3 Å². The molecular formula is C15H30N2O. The Labute approximate surface area is 112 Å². The molecule has 0 bridgehead atoms. The van der Waals surface area contributed by atoms with Crippen molar-refractivity contribution in [3.05, 3.63) is 0 Å². The van der Waals surface area contributed by atoms with E-state index in [0.29, 0.717) is 12.5 Å². The number of nitrogens with one attached hydrogen (secondary N) is 2. The first-order valence-corrected chi connectivity index (χ1v) is 7.83. The largest absolute Gasteiger partial charge is 0.356 e. The molecule has 3 heteroatoms. The van der Waals surface area contributed by atoms with Crippen LogP contribution in [0.25, 0.3) is 0 Å². The highest BCUT2D eigenvalue weighted by Gasteiger charge is 2.11. The van der Waals surface area contributed by atoms with Gasteiger partial charge in [0.05, 0.1) is 0 Å². The Kier molecular flexibility index (Phi) is 8.92. The lowest BCUT2D eigenvalue weighted by Gasteiger charge is -2.15. The first-order valence-electron chi connectivity index (χ1n) is 7.83. The summed E-state index contributed by atoms with van der Waals surface area (Å²) in [6.45, 7) is 3.86. The molecule has 2 N–H and O–H groups in total. The number of amides is 1. The summed E-state index contributed by atoms with van der Waals surface area (Å²) in [5.41, 5.74) is 0. The maximum absolute atomic E-state index is 11.6. The molecule has 0 unspecified atom stereocenters. The normalized spacial score (nSPS) is 17.4. The first-order chi connectivity index (χ1) is 8.83. The average Bonchev–Trinajstić information content (AvgIpc) is 2.63. The van der Waals surface area contributed by atoms with Crippen molar-refractivity contribution in [2.45, 2.75) is 77.2 Å². The van der Waals surface area contributed by atoms with Crippen LogP contribution >= 0.6 is 0 Å². The summed E-state index contributed by atoms with van der Waals surface area (Å²) < 4.78 is 0. The molecule has 3 nitrogen and oxygen atoms in total. The highest BCUT2D eigenvalue weighted by Crippen LogP contribution is 2.16. The topological polar surface area (TPSA) is 41.1 Å². The molecule has 1 fully saturated rings. The van der Waals surface area contributed by atoms with Crippen molar-refractivity contribution in [3.63, 3.8) is 0 Å². The summed E-state index contributed by atoms with van der Waals surface area (Å²) in [4.78, 5) is 11.6. The summed E-state index contributed by atoms with van der Waals surface area (Å²) >= 11 is 0. The second kappa shape index (κ2) is 10.4. The van der Waals surface area contributed by atoms with Crippen LogP contribution in [-0.4, -0.2) is 25.0 Å². The fourth-order valence-electron chi connectivity index (χ4n) is 2.56. The first kappa shape index (κ1) is 15.5. The predicted molar refractivity (Wildman–Crippen MR) is 76.6 cm³/mol. The molecule has 0 aromatic rings. The van der Waals surface area contributed by atoms with Crippen molar-refractivity contribution < 1.29 is 4.79 Å². The summed E-state index contributed by atoms with van der Waals surface area (Å²) in [6.07, 6.45) is 12.2. The van der Waals surface area contributed by atoms with Gasteiger partial charge in [-0.1, -0.05) is 45.4 Å². The van der Waals surface area contributed by atoms with E-state index in [0.717, 1.165) is 19.5 Å². The Morgan fingerprint density at radius 1 is 1.06 bits per heavy atom. The predicted octanol–water partition coefficient (Wildman–Crippen LogP) is 3.00. The van der Waals surface area contributed by atoms with Gasteiger partial charge in [0.25, 0.3) is 0 Å². The third-order valence-corrected chi connectivity index (χ3v) is 3.74. The molecule has 0 spiro atoms. The molecule has 0 atom stereocenters. The van der Waals surface area contributed by atoms with Crippen LogP contribution in [0.4, 0.5) is 0 Å². The van der Waals surface area contributed by atoms with E-state index in [2.05, 4.69) is 17.6 Å². The fraction of sp³-hybridized carbons (Fsp3) is 0.933. The second-order valence-electron chi connectivity index (χ2n) is 5.45. The van der Waals surface area contributed by atoms with Gasteiger partial charge in [0.1, 0.15) is 0 Å². The van der Waals surface area contributed by atoms with Crippen molar-refractivity contribution in [2.75, 3.05) is 13.1 Å². The van der Waals surface area contributed by atoms with Crippen molar-refractivity contribution in [3.8, 4) is 0 Å². The van der Waals surface area contributed by atoms with Gasteiger partial charge in [-0.25, -0.2) is 0 Å². The maximum Gasteiger partial charge on any atom is 0.221 e. The number of carbonyl (C=O) groups is 1. The van der Waals surface area contributed by atoms with Crippen LogP contribution in [0.2, 0.25) is 0 Å². The number of rotatable bonds is 8. The maximum atomic E-state index is 11.6. The van der Waals surface area contributed by atoms with Gasteiger partial charge in [0, 0.05) is 25.6 Å². The number of carbonyl (C=O) groups excluding carboxylic acids is 1. The molecule has 1 saturated carbocycles. The van der Waals surface area contributed by atoms with Gasteiger partial charge in [-0.15, -0.1) is 0 Å². The van der Waals surface area contributed by atoms with Gasteiger partial charge in [-0.2, -0.15) is 0 Å². The molecule has 0 aromatic heterocycles. The van der Waals surface area contributed by atoms with E-state index < -0.39 is 0 Å². The second-order valence-corrected chi connectivity index (χ2v) is 5.45. The Balaban J connectivity index is 1.97. The van der Waals surface area contributed by atoms with Gasteiger partial charge < -0.3 is 10.6 Å². The quantitative estimate of drug-likeness (QED) is 0.516. The molecule has 1 rings (SSSR count).